The van der Waals surface area contributed by atoms with Gasteiger partial charge in [-0.2, -0.15) is 0 Å². The van der Waals surface area contributed by atoms with Gasteiger partial charge < -0.3 is 25.2 Å². The number of amides is 1. The maximum Gasteiger partial charge on any atom is 0.256 e. The molecule has 0 unspecified atom stereocenters. The lowest BCUT2D eigenvalue weighted by Gasteiger charge is -2.33. The summed E-state index contributed by atoms with van der Waals surface area (Å²) < 4.78 is 6.45. The third kappa shape index (κ3) is 4.66. The Morgan fingerprint density at radius 2 is 1.83 bits per heavy atom. The van der Waals surface area contributed by atoms with Crippen LogP contribution in [0.5, 0.6) is 11.5 Å². The number of likely N-dealkylation sites (tertiary alicyclic amines) is 1. The molecule has 2 N–H and O–H groups in total. The van der Waals surface area contributed by atoms with Crippen LogP contribution in [0.25, 0.3) is 10.8 Å². The van der Waals surface area contributed by atoms with Gasteiger partial charge in [-0.15, -0.1) is 0 Å². The van der Waals surface area contributed by atoms with Crippen LogP contribution in [-0.4, -0.2) is 49.8 Å². The van der Waals surface area contributed by atoms with Crippen LogP contribution in [0.3, 0.4) is 0 Å². The molecule has 0 saturated carbocycles. The van der Waals surface area contributed by atoms with Gasteiger partial charge in [0, 0.05) is 25.8 Å². The van der Waals surface area contributed by atoms with Crippen LogP contribution in [0, 0.1) is 6.92 Å². The molecule has 0 radical (unpaired) electrons. The fourth-order valence-electron chi connectivity index (χ4n) is 4.96. The maximum absolute atomic E-state index is 13.0. The van der Waals surface area contributed by atoms with E-state index in [1.807, 2.05) is 67.3 Å². The van der Waals surface area contributed by atoms with Gasteiger partial charge in [-0.05, 0) is 74.3 Å². The Balaban J connectivity index is 1.55. The number of hydrogen-bond acceptors (Lipinski definition) is 6. The summed E-state index contributed by atoms with van der Waals surface area (Å²) >= 11 is 0. The van der Waals surface area contributed by atoms with Crippen molar-refractivity contribution in [1.82, 2.24) is 10.2 Å². The quantitative estimate of drug-likeness (QED) is 0.200. The van der Waals surface area contributed by atoms with Crippen molar-refractivity contribution in [2.45, 2.75) is 26.7 Å². The van der Waals surface area contributed by atoms with E-state index >= 15 is 0 Å². The zero-order chi connectivity index (χ0) is 25.1. The number of benzene rings is 3. The highest BCUT2D eigenvalue weighted by Crippen LogP contribution is 2.52. The molecule has 3 aromatic carbocycles. The zero-order valence-corrected chi connectivity index (χ0v) is 20.8. The van der Waals surface area contributed by atoms with E-state index in [0.717, 1.165) is 59.6 Å². The number of aldehydes is 1. The van der Waals surface area contributed by atoms with Gasteiger partial charge in [0.05, 0.1) is 22.6 Å². The van der Waals surface area contributed by atoms with E-state index in [1.54, 1.807) is 6.20 Å². The second-order valence-corrected chi connectivity index (χ2v) is 9.28. The molecular weight excluding hydrogens is 452 g/mol. The Labute approximate surface area is 211 Å². The predicted molar refractivity (Wildman–Crippen MR) is 144 cm³/mol. The van der Waals surface area contributed by atoms with Gasteiger partial charge >= 0.3 is 0 Å². The molecule has 0 atom stereocenters. The second-order valence-electron chi connectivity index (χ2n) is 9.28. The highest BCUT2D eigenvalue weighted by molar-refractivity contribution is 6.11. The monoisotopic (exact) mass is 484 g/mol. The minimum Gasteiger partial charge on any atom is -0.451 e. The zero-order valence-electron chi connectivity index (χ0n) is 20.8. The first-order chi connectivity index (χ1) is 17.6. The molecule has 2 aliphatic heterocycles. The Morgan fingerprint density at radius 1 is 1.08 bits per heavy atom. The molecule has 2 aliphatic rings. The van der Waals surface area contributed by atoms with E-state index in [4.69, 9.17) is 4.74 Å². The summed E-state index contributed by atoms with van der Waals surface area (Å²) in [5.74, 6) is 0.970. The molecule has 7 heteroatoms. The van der Waals surface area contributed by atoms with Crippen LogP contribution >= 0.6 is 0 Å². The predicted octanol–water partition coefficient (Wildman–Crippen LogP) is 5.12. The molecule has 3 aromatic rings. The van der Waals surface area contributed by atoms with Crippen molar-refractivity contribution < 1.29 is 14.3 Å². The molecule has 186 valence electrons. The highest BCUT2D eigenvalue weighted by Gasteiger charge is 2.29. The largest absolute Gasteiger partial charge is 0.451 e. The first-order valence-electron chi connectivity index (χ1n) is 12.6. The van der Waals surface area contributed by atoms with Crippen molar-refractivity contribution in [2.24, 2.45) is 0 Å². The number of nitrogens with one attached hydrogen (secondary N) is 2. The third-order valence-corrected chi connectivity index (χ3v) is 6.81. The van der Waals surface area contributed by atoms with Gasteiger partial charge in [0.25, 0.3) is 5.91 Å². The number of fused-ring (bicyclic) bond motifs is 3. The maximum atomic E-state index is 13.0. The summed E-state index contributed by atoms with van der Waals surface area (Å²) in [6.07, 6.45) is 4.67. The summed E-state index contributed by atoms with van der Waals surface area (Å²) in [7, 11) is 0. The van der Waals surface area contributed by atoms with Crippen molar-refractivity contribution >= 4 is 40.0 Å². The third-order valence-electron chi connectivity index (χ3n) is 6.81. The van der Waals surface area contributed by atoms with Gasteiger partial charge in [0.15, 0.2) is 17.8 Å². The molecule has 1 fully saturated rings. The van der Waals surface area contributed by atoms with Crippen molar-refractivity contribution in [3.63, 3.8) is 0 Å². The molecule has 36 heavy (non-hydrogen) atoms. The topological polar surface area (TPSA) is 73.9 Å². The van der Waals surface area contributed by atoms with Gasteiger partial charge in [-0.3, -0.25) is 9.59 Å². The van der Waals surface area contributed by atoms with E-state index in [2.05, 4.69) is 15.5 Å². The van der Waals surface area contributed by atoms with Crippen LogP contribution in [0.4, 0.5) is 17.1 Å². The van der Waals surface area contributed by atoms with Gasteiger partial charge in [-0.1, -0.05) is 30.3 Å². The van der Waals surface area contributed by atoms with Crippen molar-refractivity contribution in [3.8, 4) is 11.5 Å². The van der Waals surface area contributed by atoms with Gasteiger partial charge in [-0.25, -0.2) is 0 Å². The Morgan fingerprint density at radius 3 is 2.56 bits per heavy atom. The average molecular weight is 485 g/mol. The molecule has 0 bridgehead atoms. The van der Waals surface area contributed by atoms with Crippen molar-refractivity contribution in [3.05, 3.63) is 65.9 Å². The van der Waals surface area contributed by atoms with Gasteiger partial charge in [0.2, 0.25) is 0 Å². The van der Waals surface area contributed by atoms with Crippen molar-refractivity contribution in [1.29, 1.82) is 0 Å². The van der Waals surface area contributed by atoms with E-state index in [9.17, 15) is 9.59 Å². The number of carbonyl (C=O) groups is 2. The summed E-state index contributed by atoms with van der Waals surface area (Å²) in [4.78, 5) is 29.4. The number of rotatable bonds is 8. The Kier molecular flexibility index (Phi) is 6.91. The van der Waals surface area contributed by atoms with Crippen LogP contribution in [0.1, 0.15) is 25.3 Å². The number of carbonyl (C=O) groups excluding carboxylic acids is 2. The van der Waals surface area contributed by atoms with Crippen LogP contribution in [0.2, 0.25) is 0 Å². The lowest BCUT2D eigenvalue weighted by Crippen LogP contribution is -2.35. The SMILES string of the molecule is CCNc1ccc(C)c2c1Oc1cc3ccccc3cc1N2/C=C(\C=O)C(=O)NCCN1CCCC1. The molecule has 7 nitrogen and oxygen atoms in total. The Bertz CT molecular complexity index is 1330. The normalized spacial score (nSPS) is 15.3. The average Bonchev–Trinajstić information content (AvgIpc) is 3.41. The van der Waals surface area contributed by atoms with E-state index in [-0.39, 0.29) is 11.5 Å². The molecule has 5 rings (SSSR count). The fraction of sp³-hybridized carbons (Fsp3) is 0.310. The summed E-state index contributed by atoms with van der Waals surface area (Å²) in [5, 5.41) is 8.39. The van der Waals surface area contributed by atoms with E-state index in [0.29, 0.717) is 24.3 Å². The first kappa shape index (κ1) is 23.9. The first-order valence-corrected chi connectivity index (χ1v) is 12.6. The standard InChI is InChI=1S/C29H32N4O3/c1-3-30-24-11-10-20(2)27-28(24)36-26-17-22-9-5-4-8-21(22)16-25(26)33(27)18-23(19-34)29(35)31-12-15-32-13-6-7-14-32/h4-5,8-11,16-19,30H,3,6-7,12-15H2,1-2H3,(H,31,35)/b23-18+. The van der Waals surface area contributed by atoms with E-state index < -0.39 is 0 Å². The second kappa shape index (κ2) is 10.4. The van der Waals surface area contributed by atoms with Crippen LogP contribution < -0.4 is 20.3 Å². The lowest BCUT2D eigenvalue weighted by molar-refractivity contribution is -0.119. The number of hydrogen-bond donors (Lipinski definition) is 2. The van der Waals surface area contributed by atoms with E-state index in [1.165, 1.54) is 12.8 Å². The van der Waals surface area contributed by atoms with Gasteiger partial charge in [0.1, 0.15) is 0 Å². The number of anilines is 3. The molecule has 0 aliphatic carbocycles. The minimum absolute atomic E-state index is 0.0663. The number of nitrogens with zero attached hydrogens (tertiary/aromatic N) is 2. The minimum atomic E-state index is -0.375. The molecule has 0 aromatic heterocycles. The Hall–Kier alpha value is -3.84. The highest BCUT2D eigenvalue weighted by atomic mass is 16.5. The summed E-state index contributed by atoms with van der Waals surface area (Å²) in [6, 6.07) is 16.1. The molecule has 2 heterocycles. The van der Waals surface area contributed by atoms with Crippen LogP contribution in [0.15, 0.2) is 60.3 Å². The lowest BCUT2D eigenvalue weighted by atomic mass is 10.0. The molecule has 1 saturated heterocycles. The smallest absolute Gasteiger partial charge is 0.256 e. The molecule has 0 spiro atoms. The molecular formula is C29H32N4O3. The fourth-order valence-corrected chi connectivity index (χ4v) is 4.96. The molecule has 1 amide bonds. The van der Waals surface area contributed by atoms with Crippen molar-refractivity contribution in [2.75, 3.05) is 42.9 Å². The summed E-state index contributed by atoms with van der Waals surface area (Å²) in [5.41, 5.74) is 3.48. The summed E-state index contributed by atoms with van der Waals surface area (Å²) in [6.45, 7) is 8.20. The van der Waals surface area contributed by atoms with Crippen LogP contribution in [-0.2, 0) is 9.59 Å². The number of ether oxygens (including phenoxy) is 1. The number of aryl methyl sites for hydroxylation is 1.